The molecule has 0 aromatic rings. The largest absolute Gasteiger partial charge is 0.480 e. The average Bonchev–Trinajstić information content (AvgIpc) is 3.05. The Morgan fingerprint density at radius 2 is 1.94 bits per heavy atom. The predicted molar refractivity (Wildman–Crippen MR) is 65.7 cm³/mol. The van der Waals surface area contributed by atoms with Gasteiger partial charge in [-0.2, -0.15) is 0 Å². The van der Waals surface area contributed by atoms with E-state index in [1.165, 1.54) is 0 Å². The van der Waals surface area contributed by atoms with Crippen LogP contribution in [-0.2, 0) is 9.59 Å². The van der Waals surface area contributed by atoms with E-state index >= 15 is 0 Å². The molecule has 0 saturated heterocycles. The van der Waals surface area contributed by atoms with Crippen LogP contribution in [0.1, 0.15) is 58.8 Å². The molecule has 1 atom stereocenters. The van der Waals surface area contributed by atoms with Crippen molar-refractivity contribution in [3.8, 4) is 0 Å². The van der Waals surface area contributed by atoms with E-state index in [1.807, 2.05) is 6.92 Å². The zero-order chi connectivity index (χ0) is 12.9. The van der Waals surface area contributed by atoms with Crippen molar-refractivity contribution in [2.24, 2.45) is 5.41 Å². The van der Waals surface area contributed by atoms with Crippen LogP contribution >= 0.6 is 0 Å². The Bertz CT molecular complexity index is 284. The highest BCUT2D eigenvalue weighted by Gasteiger charge is 2.49. The smallest absolute Gasteiger partial charge is 0.326 e. The number of carbonyl (C=O) groups is 2. The van der Waals surface area contributed by atoms with E-state index in [-0.39, 0.29) is 11.3 Å². The molecule has 1 aliphatic rings. The molecule has 4 heteroatoms. The summed E-state index contributed by atoms with van der Waals surface area (Å²) in [7, 11) is 0. The number of carboxylic acids is 1. The molecule has 2 N–H and O–H groups in total. The van der Waals surface area contributed by atoms with Gasteiger partial charge in [0.1, 0.15) is 6.04 Å². The Hall–Kier alpha value is -1.06. The standard InChI is InChI=1S/C13H23NO3/c1-3-5-6-10(11(15)16)14-12(17)13(7-4-2)8-9-13/h10H,3-9H2,1-2H3,(H,14,17)(H,15,16). The molecule has 1 unspecified atom stereocenters. The highest BCUT2D eigenvalue weighted by molar-refractivity contribution is 5.89. The Morgan fingerprint density at radius 3 is 2.35 bits per heavy atom. The lowest BCUT2D eigenvalue weighted by molar-refractivity contribution is -0.143. The van der Waals surface area contributed by atoms with E-state index in [2.05, 4.69) is 12.2 Å². The molecule has 1 aliphatic carbocycles. The normalized spacial score (nSPS) is 18.5. The third-order valence-electron chi connectivity index (χ3n) is 3.51. The molecule has 0 aliphatic heterocycles. The highest BCUT2D eigenvalue weighted by Crippen LogP contribution is 2.49. The summed E-state index contributed by atoms with van der Waals surface area (Å²) in [5, 5.41) is 11.8. The van der Waals surface area contributed by atoms with Gasteiger partial charge in [-0.25, -0.2) is 4.79 Å². The fourth-order valence-corrected chi connectivity index (χ4v) is 2.20. The maximum atomic E-state index is 12.0. The van der Waals surface area contributed by atoms with Crippen LogP contribution in [0.2, 0.25) is 0 Å². The van der Waals surface area contributed by atoms with Crippen molar-refractivity contribution in [1.82, 2.24) is 5.32 Å². The summed E-state index contributed by atoms with van der Waals surface area (Å²) >= 11 is 0. The van der Waals surface area contributed by atoms with Crippen molar-refractivity contribution in [3.05, 3.63) is 0 Å². The van der Waals surface area contributed by atoms with Crippen molar-refractivity contribution in [2.45, 2.75) is 64.8 Å². The summed E-state index contributed by atoms with van der Waals surface area (Å²) < 4.78 is 0. The van der Waals surface area contributed by atoms with E-state index < -0.39 is 12.0 Å². The van der Waals surface area contributed by atoms with Crippen molar-refractivity contribution in [2.75, 3.05) is 0 Å². The summed E-state index contributed by atoms with van der Waals surface area (Å²) in [4.78, 5) is 23.1. The molecule has 1 fully saturated rings. The lowest BCUT2D eigenvalue weighted by atomic mass is 9.98. The Morgan fingerprint density at radius 1 is 1.29 bits per heavy atom. The molecule has 17 heavy (non-hydrogen) atoms. The van der Waals surface area contributed by atoms with Crippen LogP contribution in [0.15, 0.2) is 0 Å². The third-order valence-corrected chi connectivity index (χ3v) is 3.51. The van der Waals surface area contributed by atoms with E-state index in [0.717, 1.165) is 38.5 Å². The molecule has 0 radical (unpaired) electrons. The van der Waals surface area contributed by atoms with Gasteiger partial charge >= 0.3 is 5.97 Å². The topological polar surface area (TPSA) is 66.4 Å². The van der Waals surface area contributed by atoms with Crippen LogP contribution in [0.25, 0.3) is 0 Å². The van der Waals surface area contributed by atoms with Crippen LogP contribution in [0, 0.1) is 5.41 Å². The molecular formula is C13H23NO3. The van der Waals surface area contributed by atoms with Crippen LogP contribution in [0.5, 0.6) is 0 Å². The second-order valence-corrected chi connectivity index (χ2v) is 5.04. The molecule has 0 heterocycles. The number of unbranched alkanes of at least 4 members (excludes halogenated alkanes) is 1. The lowest BCUT2D eigenvalue weighted by Gasteiger charge is -2.19. The minimum absolute atomic E-state index is 0.0529. The van der Waals surface area contributed by atoms with Gasteiger partial charge in [-0.3, -0.25) is 4.79 Å². The van der Waals surface area contributed by atoms with Gasteiger partial charge in [0.05, 0.1) is 0 Å². The van der Waals surface area contributed by atoms with Gasteiger partial charge in [0.25, 0.3) is 0 Å². The first-order chi connectivity index (χ1) is 8.05. The Balaban J connectivity index is 2.49. The SMILES string of the molecule is CCCCC(NC(=O)C1(CCC)CC1)C(=O)O. The monoisotopic (exact) mass is 241 g/mol. The molecule has 98 valence electrons. The second-order valence-electron chi connectivity index (χ2n) is 5.04. The minimum atomic E-state index is -0.918. The maximum absolute atomic E-state index is 12.0. The molecule has 4 nitrogen and oxygen atoms in total. The van der Waals surface area contributed by atoms with Gasteiger partial charge in [0.2, 0.25) is 5.91 Å². The van der Waals surface area contributed by atoms with E-state index in [0.29, 0.717) is 6.42 Å². The summed E-state index contributed by atoms with van der Waals surface area (Å²) in [6.07, 6.45) is 5.97. The van der Waals surface area contributed by atoms with Gasteiger partial charge < -0.3 is 10.4 Å². The fourth-order valence-electron chi connectivity index (χ4n) is 2.20. The average molecular weight is 241 g/mol. The Kier molecular flexibility index (Phi) is 4.97. The molecule has 1 saturated carbocycles. The number of hydrogen-bond donors (Lipinski definition) is 2. The zero-order valence-electron chi connectivity index (χ0n) is 10.8. The van der Waals surface area contributed by atoms with Gasteiger partial charge in [-0.05, 0) is 25.7 Å². The van der Waals surface area contributed by atoms with Crippen molar-refractivity contribution in [3.63, 3.8) is 0 Å². The first-order valence-corrected chi connectivity index (χ1v) is 6.59. The number of amides is 1. The first kappa shape index (κ1) is 14.0. The van der Waals surface area contributed by atoms with E-state index in [4.69, 9.17) is 5.11 Å². The molecular weight excluding hydrogens is 218 g/mol. The quantitative estimate of drug-likeness (QED) is 0.685. The van der Waals surface area contributed by atoms with E-state index in [9.17, 15) is 9.59 Å². The fraction of sp³-hybridized carbons (Fsp3) is 0.846. The number of carboxylic acid groups (broad SMARTS) is 1. The maximum Gasteiger partial charge on any atom is 0.326 e. The molecule has 1 amide bonds. The van der Waals surface area contributed by atoms with Crippen molar-refractivity contribution in [1.29, 1.82) is 0 Å². The van der Waals surface area contributed by atoms with Gasteiger partial charge in [-0.1, -0.05) is 33.1 Å². The molecule has 0 aromatic carbocycles. The van der Waals surface area contributed by atoms with Crippen LogP contribution in [-0.4, -0.2) is 23.0 Å². The van der Waals surface area contributed by atoms with Crippen LogP contribution in [0.3, 0.4) is 0 Å². The number of aliphatic carboxylic acids is 1. The summed E-state index contributed by atoms with van der Waals surface area (Å²) in [6, 6.07) is -0.711. The van der Waals surface area contributed by atoms with E-state index in [1.54, 1.807) is 0 Å². The number of hydrogen-bond acceptors (Lipinski definition) is 2. The molecule has 0 bridgehead atoms. The number of carbonyl (C=O) groups excluding carboxylic acids is 1. The molecule has 1 rings (SSSR count). The Labute approximate surface area is 103 Å². The number of nitrogens with one attached hydrogen (secondary N) is 1. The van der Waals surface area contributed by atoms with Gasteiger partial charge in [-0.15, -0.1) is 0 Å². The molecule has 0 aromatic heterocycles. The first-order valence-electron chi connectivity index (χ1n) is 6.59. The predicted octanol–water partition coefficient (Wildman–Crippen LogP) is 2.33. The van der Waals surface area contributed by atoms with Gasteiger partial charge in [0.15, 0.2) is 0 Å². The number of rotatable bonds is 8. The van der Waals surface area contributed by atoms with Crippen LogP contribution < -0.4 is 5.32 Å². The summed E-state index contributed by atoms with van der Waals surface area (Å²) in [5.41, 5.74) is -0.241. The van der Waals surface area contributed by atoms with Crippen LogP contribution in [0.4, 0.5) is 0 Å². The third kappa shape index (κ3) is 3.72. The summed E-state index contributed by atoms with van der Waals surface area (Å²) in [5.74, 6) is -0.970. The van der Waals surface area contributed by atoms with Gasteiger partial charge in [0, 0.05) is 5.41 Å². The summed E-state index contributed by atoms with van der Waals surface area (Å²) in [6.45, 7) is 4.07. The lowest BCUT2D eigenvalue weighted by Crippen LogP contribution is -2.44. The minimum Gasteiger partial charge on any atom is -0.480 e. The highest BCUT2D eigenvalue weighted by atomic mass is 16.4. The zero-order valence-corrected chi connectivity index (χ0v) is 10.8. The van der Waals surface area contributed by atoms with Crippen molar-refractivity contribution < 1.29 is 14.7 Å². The van der Waals surface area contributed by atoms with Crippen molar-refractivity contribution >= 4 is 11.9 Å². The second kappa shape index (κ2) is 6.03. The molecule has 0 spiro atoms.